The molecule has 1 aromatic carbocycles. The molecule has 0 atom stereocenters. The molecule has 0 aliphatic heterocycles. The number of amides is 1. The lowest BCUT2D eigenvalue weighted by Gasteiger charge is -2.07. The van der Waals surface area contributed by atoms with E-state index in [2.05, 4.69) is 15.4 Å². The van der Waals surface area contributed by atoms with Crippen LogP contribution in [0.4, 0.5) is 5.82 Å². The second-order valence-corrected chi connectivity index (χ2v) is 5.40. The van der Waals surface area contributed by atoms with Crippen LogP contribution in [0.25, 0.3) is 0 Å². The summed E-state index contributed by atoms with van der Waals surface area (Å²) in [6.07, 6.45) is 5.56. The van der Waals surface area contributed by atoms with Crippen LogP contribution in [0, 0.1) is 0 Å². The summed E-state index contributed by atoms with van der Waals surface area (Å²) in [6.45, 7) is 0.426. The van der Waals surface area contributed by atoms with Crippen molar-refractivity contribution in [3.63, 3.8) is 0 Å². The molecule has 6 heteroatoms. The second kappa shape index (κ2) is 7.41. The molecule has 0 aliphatic rings. The zero-order chi connectivity index (χ0) is 16.8. The maximum atomic E-state index is 12.0. The Balaban J connectivity index is 1.51. The highest BCUT2D eigenvalue weighted by molar-refractivity contribution is 5.91. The molecule has 0 saturated heterocycles. The third-order valence-corrected chi connectivity index (χ3v) is 3.38. The zero-order valence-electron chi connectivity index (χ0n) is 13.3. The SMILES string of the molecule is Cn1cc(COc2ccc(NC(=O)Cc3ccccc3)nc2)cn1. The third kappa shape index (κ3) is 4.42. The molecular formula is C18H18N4O2. The van der Waals surface area contributed by atoms with Crippen molar-refractivity contribution >= 4 is 11.7 Å². The molecule has 1 amide bonds. The summed E-state index contributed by atoms with van der Waals surface area (Å²) in [5.41, 5.74) is 1.95. The Labute approximate surface area is 140 Å². The molecule has 122 valence electrons. The van der Waals surface area contributed by atoms with Crippen LogP contribution in [0.1, 0.15) is 11.1 Å². The Morgan fingerprint density at radius 3 is 2.62 bits per heavy atom. The van der Waals surface area contributed by atoms with E-state index in [0.29, 0.717) is 24.6 Å². The Bertz CT molecular complexity index is 797. The van der Waals surface area contributed by atoms with Crippen molar-refractivity contribution in [3.8, 4) is 5.75 Å². The third-order valence-electron chi connectivity index (χ3n) is 3.38. The van der Waals surface area contributed by atoms with E-state index in [-0.39, 0.29) is 5.91 Å². The first-order valence-corrected chi connectivity index (χ1v) is 7.59. The minimum absolute atomic E-state index is 0.0993. The lowest BCUT2D eigenvalue weighted by molar-refractivity contribution is -0.115. The normalized spacial score (nSPS) is 10.4. The van der Waals surface area contributed by atoms with Crippen molar-refractivity contribution in [1.82, 2.24) is 14.8 Å². The molecule has 0 spiro atoms. The van der Waals surface area contributed by atoms with Gasteiger partial charge in [0.25, 0.3) is 0 Å². The number of aromatic nitrogens is 3. The van der Waals surface area contributed by atoms with Gasteiger partial charge in [-0.2, -0.15) is 5.10 Å². The molecule has 0 unspecified atom stereocenters. The number of carbonyl (C=O) groups excluding carboxylic acids is 1. The minimum Gasteiger partial charge on any atom is -0.487 e. The lowest BCUT2D eigenvalue weighted by Crippen LogP contribution is -2.15. The van der Waals surface area contributed by atoms with E-state index in [1.807, 2.05) is 43.6 Å². The van der Waals surface area contributed by atoms with E-state index >= 15 is 0 Å². The van der Waals surface area contributed by atoms with Gasteiger partial charge >= 0.3 is 0 Å². The fraction of sp³-hybridized carbons (Fsp3) is 0.167. The molecule has 3 aromatic rings. The van der Waals surface area contributed by atoms with Crippen molar-refractivity contribution in [3.05, 3.63) is 72.2 Å². The Kier molecular flexibility index (Phi) is 4.86. The smallest absolute Gasteiger partial charge is 0.229 e. The van der Waals surface area contributed by atoms with Crippen LogP contribution < -0.4 is 10.1 Å². The van der Waals surface area contributed by atoms with Crippen molar-refractivity contribution in [1.29, 1.82) is 0 Å². The van der Waals surface area contributed by atoms with Crippen molar-refractivity contribution in [2.24, 2.45) is 7.05 Å². The summed E-state index contributed by atoms with van der Waals surface area (Å²) in [5.74, 6) is 1.04. The van der Waals surface area contributed by atoms with Crippen LogP contribution in [0.5, 0.6) is 5.75 Å². The molecule has 24 heavy (non-hydrogen) atoms. The Morgan fingerprint density at radius 2 is 1.96 bits per heavy atom. The fourth-order valence-corrected chi connectivity index (χ4v) is 2.22. The number of ether oxygens (including phenoxy) is 1. The van der Waals surface area contributed by atoms with E-state index < -0.39 is 0 Å². The van der Waals surface area contributed by atoms with E-state index in [4.69, 9.17) is 4.74 Å². The van der Waals surface area contributed by atoms with Gasteiger partial charge in [-0.25, -0.2) is 4.98 Å². The second-order valence-electron chi connectivity index (χ2n) is 5.40. The molecule has 2 heterocycles. The van der Waals surface area contributed by atoms with Crippen LogP contribution in [0.2, 0.25) is 0 Å². The number of anilines is 1. The number of benzene rings is 1. The van der Waals surface area contributed by atoms with E-state index in [9.17, 15) is 4.79 Å². The van der Waals surface area contributed by atoms with Crippen LogP contribution in [-0.4, -0.2) is 20.7 Å². The van der Waals surface area contributed by atoms with Gasteiger partial charge < -0.3 is 10.1 Å². The van der Waals surface area contributed by atoms with Gasteiger partial charge in [-0.15, -0.1) is 0 Å². The van der Waals surface area contributed by atoms with Gasteiger partial charge in [0.2, 0.25) is 5.91 Å². The molecule has 0 aliphatic carbocycles. The molecule has 2 aromatic heterocycles. The molecule has 1 N–H and O–H groups in total. The van der Waals surface area contributed by atoms with E-state index in [1.54, 1.807) is 29.2 Å². The van der Waals surface area contributed by atoms with E-state index in [0.717, 1.165) is 11.1 Å². The van der Waals surface area contributed by atoms with Gasteiger partial charge in [-0.05, 0) is 17.7 Å². The van der Waals surface area contributed by atoms with Crippen LogP contribution in [-0.2, 0) is 24.9 Å². The monoisotopic (exact) mass is 322 g/mol. The van der Waals surface area contributed by atoms with Gasteiger partial charge in [0.05, 0.1) is 18.8 Å². The average molecular weight is 322 g/mol. The first-order valence-electron chi connectivity index (χ1n) is 7.59. The van der Waals surface area contributed by atoms with Gasteiger partial charge in [0, 0.05) is 18.8 Å². The predicted molar refractivity (Wildman–Crippen MR) is 90.6 cm³/mol. The molecule has 0 bridgehead atoms. The predicted octanol–water partition coefficient (Wildman–Crippen LogP) is 2.58. The van der Waals surface area contributed by atoms with Gasteiger partial charge in [0.15, 0.2) is 0 Å². The molecule has 6 nitrogen and oxygen atoms in total. The maximum absolute atomic E-state index is 12.0. The largest absolute Gasteiger partial charge is 0.487 e. The summed E-state index contributed by atoms with van der Waals surface area (Å²) in [4.78, 5) is 16.2. The number of nitrogens with zero attached hydrogens (tertiary/aromatic N) is 3. The van der Waals surface area contributed by atoms with Crippen molar-refractivity contribution in [2.75, 3.05) is 5.32 Å². The van der Waals surface area contributed by atoms with Crippen molar-refractivity contribution in [2.45, 2.75) is 13.0 Å². The summed E-state index contributed by atoms with van der Waals surface area (Å²) in [7, 11) is 1.86. The Hall–Kier alpha value is -3.15. The number of carbonyl (C=O) groups is 1. The zero-order valence-corrected chi connectivity index (χ0v) is 13.3. The Morgan fingerprint density at radius 1 is 1.12 bits per heavy atom. The van der Waals surface area contributed by atoms with Crippen LogP contribution in [0.15, 0.2) is 61.1 Å². The topological polar surface area (TPSA) is 69.0 Å². The first kappa shape index (κ1) is 15.7. The standard InChI is InChI=1S/C18H18N4O2/c1-22-12-15(10-20-22)13-24-16-7-8-17(19-11-16)21-18(23)9-14-5-3-2-4-6-14/h2-8,10-12H,9,13H2,1H3,(H,19,21,23). The van der Waals surface area contributed by atoms with Gasteiger partial charge in [0.1, 0.15) is 18.2 Å². The van der Waals surface area contributed by atoms with E-state index in [1.165, 1.54) is 0 Å². The van der Waals surface area contributed by atoms with Crippen LogP contribution in [0.3, 0.4) is 0 Å². The molecule has 0 fully saturated rings. The molecule has 0 saturated carbocycles. The van der Waals surface area contributed by atoms with Crippen LogP contribution >= 0.6 is 0 Å². The number of pyridine rings is 1. The number of aryl methyl sites for hydroxylation is 1. The lowest BCUT2D eigenvalue weighted by atomic mass is 10.1. The van der Waals surface area contributed by atoms with Crippen molar-refractivity contribution < 1.29 is 9.53 Å². The summed E-state index contributed by atoms with van der Waals surface area (Å²) >= 11 is 0. The highest BCUT2D eigenvalue weighted by Crippen LogP contribution is 2.14. The molecule has 3 rings (SSSR count). The quantitative estimate of drug-likeness (QED) is 0.757. The number of hydrogen-bond acceptors (Lipinski definition) is 4. The first-order chi connectivity index (χ1) is 11.7. The summed E-state index contributed by atoms with van der Waals surface area (Å²) in [6, 6.07) is 13.1. The molecule has 0 radical (unpaired) electrons. The van der Waals surface area contributed by atoms with Gasteiger partial charge in [-0.1, -0.05) is 30.3 Å². The maximum Gasteiger partial charge on any atom is 0.229 e. The molecular weight excluding hydrogens is 304 g/mol. The number of rotatable bonds is 6. The minimum atomic E-state index is -0.0993. The number of hydrogen-bond donors (Lipinski definition) is 1. The fourth-order valence-electron chi connectivity index (χ4n) is 2.22. The highest BCUT2D eigenvalue weighted by atomic mass is 16.5. The average Bonchev–Trinajstić information content (AvgIpc) is 3.00. The summed E-state index contributed by atoms with van der Waals surface area (Å²) < 4.78 is 7.36. The van der Waals surface area contributed by atoms with Gasteiger partial charge in [-0.3, -0.25) is 9.48 Å². The summed E-state index contributed by atoms with van der Waals surface area (Å²) in [5, 5.41) is 6.86. The highest BCUT2D eigenvalue weighted by Gasteiger charge is 2.05. The number of nitrogens with one attached hydrogen (secondary N) is 1.